The number of aromatic nitrogens is 2. The predicted octanol–water partition coefficient (Wildman–Crippen LogP) is 3.72. The lowest BCUT2D eigenvalue weighted by Crippen LogP contribution is -2.18. The molecule has 2 aromatic heterocycles. The molecule has 3 aromatic rings. The van der Waals surface area contributed by atoms with Gasteiger partial charge in [-0.2, -0.15) is 0 Å². The van der Waals surface area contributed by atoms with Gasteiger partial charge in [0.15, 0.2) is 0 Å². The van der Waals surface area contributed by atoms with Crippen molar-refractivity contribution in [3.8, 4) is 5.75 Å². The summed E-state index contributed by atoms with van der Waals surface area (Å²) in [6.07, 6.45) is 0. The Kier molecular flexibility index (Phi) is 4.13. The van der Waals surface area contributed by atoms with Crippen molar-refractivity contribution in [2.24, 2.45) is 0 Å². The molecule has 0 saturated carbocycles. The number of nitrogens with zero attached hydrogens (tertiary/aromatic N) is 2. The maximum atomic E-state index is 5.34. The van der Waals surface area contributed by atoms with E-state index in [0.717, 1.165) is 35.8 Å². The van der Waals surface area contributed by atoms with E-state index in [1.807, 2.05) is 19.9 Å². The zero-order chi connectivity index (χ0) is 16.6. The fourth-order valence-corrected chi connectivity index (χ4v) is 2.99. The normalized spacial score (nSPS) is 11.6. The molecule has 0 amide bonds. The molecule has 1 aromatic carbocycles. The summed E-state index contributed by atoms with van der Waals surface area (Å²) < 4.78 is 10.6. The van der Waals surface area contributed by atoms with Gasteiger partial charge in [0.05, 0.1) is 12.8 Å². The molecule has 5 nitrogen and oxygen atoms in total. The Bertz CT molecular complexity index is 813. The summed E-state index contributed by atoms with van der Waals surface area (Å²) in [6.45, 7) is 7.70. The van der Waals surface area contributed by atoms with Crippen LogP contribution < -0.4 is 4.74 Å². The van der Waals surface area contributed by atoms with E-state index in [-0.39, 0.29) is 0 Å². The summed E-state index contributed by atoms with van der Waals surface area (Å²) >= 11 is 0. The summed E-state index contributed by atoms with van der Waals surface area (Å²) in [5, 5.41) is 5.26. The second-order valence-electron chi connectivity index (χ2n) is 6.18. The van der Waals surface area contributed by atoms with E-state index in [2.05, 4.69) is 41.1 Å². The number of ether oxygens (including phenoxy) is 1. The molecule has 122 valence electrons. The van der Waals surface area contributed by atoms with Crippen molar-refractivity contribution in [3.05, 3.63) is 46.5 Å². The molecule has 0 unspecified atom stereocenters. The second kappa shape index (κ2) is 6.08. The molecule has 0 radical (unpaired) electrons. The number of aromatic amines is 1. The lowest BCUT2D eigenvalue weighted by molar-refractivity contribution is 0.312. The Labute approximate surface area is 136 Å². The van der Waals surface area contributed by atoms with Gasteiger partial charge < -0.3 is 14.2 Å². The number of hydrogen-bond donors (Lipinski definition) is 1. The van der Waals surface area contributed by atoms with Gasteiger partial charge in [0.25, 0.3) is 0 Å². The first-order valence-electron chi connectivity index (χ1n) is 7.74. The second-order valence-corrected chi connectivity index (χ2v) is 6.18. The number of hydrogen-bond acceptors (Lipinski definition) is 4. The number of H-pyrrole nitrogens is 1. The third-order valence-corrected chi connectivity index (χ3v) is 4.26. The fraction of sp³-hybridized carbons (Fsp3) is 0.389. The van der Waals surface area contributed by atoms with Crippen LogP contribution in [0.5, 0.6) is 5.75 Å². The van der Waals surface area contributed by atoms with E-state index in [9.17, 15) is 0 Å². The van der Waals surface area contributed by atoms with Gasteiger partial charge >= 0.3 is 0 Å². The molecule has 0 aliphatic carbocycles. The van der Waals surface area contributed by atoms with Gasteiger partial charge in [-0.05, 0) is 45.5 Å². The highest BCUT2D eigenvalue weighted by Crippen LogP contribution is 2.26. The molecular weight excluding hydrogens is 290 g/mol. The van der Waals surface area contributed by atoms with E-state index >= 15 is 0 Å². The Morgan fingerprint density at radius 3 is 2.61 bits per heavy atom. The van der Waals surface area contributed by atoms with Crippen molar-refractivity contribution in [2.45, 2.75) is 33.9 Å². The van der Waals surface area contributed by atoms with Crippen LogP contribution in [0.4, 0.5) is 0 Å². The fourth-order valence-electron chi connectivity index (χ4n) is 2.99. The third kappa shape index (κ3) is 3.10. The molecule has 5 heteroatoms. The molecular formula is C18H23N3O2. The number of aryl methyl sites for hydroxylation is 3. The summed E-state index contributed by atoms with van der Waals surface area (Å²) in [5.41, 5.74) is 5.65. The maximum Gasteiger partial charge on any atom is 0.138 e. The van der Waals surface area contributed by atoms with Crippen molar-refractivity contribution in [2.75, 3.05) is 14.2 Å². The van der Waals surface area contributed by atoms with Crippen molar-refractivity contribution < 1.29 is 9.26 Å². The minimum absolute atomic E-state index is 0.818. The topological polar surface area (TPSA) is 54.3 Å². The zero-order valence-electron chi connectivity index (χ0n) is 14.4. The summed E-state index contributed by atoms with van der Waals surface area (Å²) in [6, 6.07) is 6.32. The molecule has 0 fully saturated rings. The first-order chi connectivity index (χ1) is 11.0. The lowest BCUT2D eigenvalue weighted by atomic mass is 10.1. The predicted molar refractivity (Wildman–Crippen MR) is 90.7 cm³/mol. The van der Waals surface area contributed by atoms with E-state index in [4.69, 9.17) is 9.26 Å². The van der Waals surface area contributed by atoms with Crippen LogP contribution in [-0.4, -0.2) is 29.2 Å². The number of fused-ring (bicyclic) bond motifs is 1. The van der Waals surface area contributed by atoms with E-state index in [1.165, 1.54) is 22.2 Å². The van der Waals surface area contributed by atoms with Crippen LogP contribution >= 0.6 is 0 Å². The minimum Gasteiger partial charge on any atom is -0.497 e. The molecule has 3 rings (SSSR count). The maximum absolute atomic E-state index is 5.34. The molecule has 0 atom stereocenters. The van der Waals surface area contributed by atoms with Crippen molar-refractivity contribution in [3.63, 3.8) is 0 Å². The van der Waals surface area contributed by atoms with Crippen LogP contribution in [0.25, 0.3) is 10.9 Å². The summed E-state index contributed by atoms with van der Waals surface area (Å²) in [4.78, 5) is 5.74. The Morgan fingerprint density at radius 2 is 1.96 bits per heavy atom. The molecule has 0 spiro atoms. The Balaban J connectivity index is 1.80. The number of nitrogens with one attached hydrogen (secondary N) is 1. The van der Waals surface area contributed by atoms with Crippen molar-refractivity contribution in [1.29, 1.82) is 0 Å². The Morgan fingerprint density at radius 1 is 1.17 bits per heavy atom. The van der Waals surface area contributed by atoms with E-state index < -0.39 is 0 Å². The molecule has 2 heterocycles. The molecule has 23 heavy (non-hydrogen) atoms. The zero-order valence-corrected chi connectivity index (χ0v) is 14.4. The third-order valence-electron chi connectivity index (χ3n) is 4.26. The van der Waals surface area contributed by atoms with Crippen LogP contribution in [0, 0.1) is 20.8 Å². The quantitative estimate of drug-likeness (QED) is 0.780. The van der Waals surface area contributed by atoms with Crippen LogP contribution in [0.2, 0.25) is 0 Å². The molecule has 0 bridgehead atoms. The van der Waals surface area contributed by atoms with Crippen LogP contribution in [0.1, 0.15) is 28.3 Å². The van der Waals surface area contributed by atoms with Crippen LogP contribution in [0.15, 0.2) is 22.7 Å². The highest BCUT2D eigenvalue weighted by molar-refractivity contribution is 5.85. The highest BCUT2D eigenvalue weighted by Gasteiger charge is 2.13. The van der Waals surface area contributed by atoms with E-state index in [0.29, 0.717) is 0 Å². The number of benzene rings is 1. The first-order valence-corrected chi connectivity index (χ1v) is 7.74. The van der Waals surface area contributed by atoms with Crippen LogP contribution in [0.3, 0.4) is 0 Å². The smallest absolute Gasteiger partial charge is 0.138 e. The van der Waals surface area contributed by atoms with Gasteiger partial charge in [-0.15, -0.1) is 0 Å². The standard InChI is InChI=1S/C18H23N3O2/c1-11-6-15(22-5)8-18-16(11)7-14(19-18)9-21(4)10-17-12(2)20-23-13(17)3/h6-8,19H,9-10H2,1-5H3. The van der Waals surface area contributed by atoms with Gasteiger partial charge in [-0.3, -0.25) is 4.90 Å². The average Bonchev–Trinajstić information content (AvgIpc) is 3.05. The van der Waals surface area contributed by atoms with Crippen LogP contribution in [-0.2, 0) is 13.1 Å². The minimum atomic E-state index is 0.818. The summed E-state index contributed by atoms with van der Waals surface area (Å²) in [5.74, 6) is 1.78. The monoisotopic (exact) mass is 313 g/mol. The average molecular weight is 313 g/mol. The number of rotatable bonds is 5. The molecule has 0 saturated heterocycles. The van der Waals surface area contributed by atoms with Gasteiger partial charge in [0.1, 0.15) is 11.5 Å². The number of methoxy groups -OCH3 is 1. The van der Waals surface area contributed by atoms with Crippen molar-refractivity contribution in [1.82, 2.24) is 15.0 Å². The molecule has 1 N–H and O–H groups in total. The van der Waals surface area contributed by atoms with Gasteiger partial charge in [0, 0.05) is 41.3 Å². The first kappa shape index (κ1) is 15.6. The summed E-state index contributed by atoms with van der Waals surface area (Å²) in [7, 11) is 3.80. The molecule has 0 aliphatic heterocycles. The van der Waals surface area contributed by atoms with E-state index in [1.54, 1.807) is 7.11 Å². The van der Waals surface area contributed by atoms with Gasteiger partial charge in [-0.1, -0.05) is 5.16 Å². The van der Waals surface area contributed by atoms with Gasteiger partial charge in [-0.25, -0.2) is 0 Å². The Hall–Kier alpha value is -2.27. The SMILES string of the molecule is COc1cc(C)c2cc(CN(C)Cc3c(C)noc3C)[nH]c2c1. The van der Waals surface area contributed by atoms with Gasteiger partial charge in [0.2, 0.25) is 0 Å². The molecule has 0 aliphatic rings. The lowest BCUT2D eigenvalue weighted by Gasteiger charge is -2.15. The highest BCUT2D eigenvalue weighted by atomic mass is 16.5. The largest absolute Gasteiger partial charge is 0.497 e. The van der Waals surface area contributed by atoms with Crippen molar-refractivity contribution >= 4 is 10.9 Å².